The molecule has 0 unspecified atom stereocenters. The van der Waals surface area contributed by atoms with E-state index < -0.39 is 0 Å². The number of benzene rings is 3. The van der Waals surface area contributed by atoms with Gasteiger partial charge in [0.1, 0.15) is 6.54 Å². The van der Waals surface area contributed by atoms with Crippen LogP contribution in [0.15, 0.2) is 60.7 Å². The maximum absolute atomic E-state index is 12.9. The van der Waals surface area contributed by atoms with Crippen LogP contribution in [0.3, 0.4) is 0 Å². The molecular formula is C27H29N3O2. The first kappa shape index (κ1) is 20.6. The molecule has 2 amide bonds. The minimum atomic E-state index is -0.162. The van der Waals surface area contributed by atoms with E-state index in [1.54, 1.807) is 4.90 Å². The number of nitrogens with zero attached hydrogens (tertiary/aromatic N) is 2. The molecule has 1 saturated heterocycles. The van der Waals surface area contributed by atoms with Gasteiger partial charge in [-0.1, -0.05) is 43.3 Å². The molecule has 5 nitrogen and oxygen atoms in total. The van der Waals surface area contributed by atoms with Crippen LogP contribution in [0, 0.1) is 5.92 Å². The van der Waals surface area contributed by atoms with Crippen molar-refractivity contribution in [2.75, 3.05) is 29.4 Å². The second-order valence-electron chi connectivity index (χ2n) is 9.15. The Morgan fingerprint density at radius 3 is 2.59 bits per heavy atom. The monoisotopic (exact) mass is 427 g/mol. The number of hydrogen-bond donors (Lipinski definition) is 1. The number of rotatable bonds is 5. The Balaban J connectivity index is 1.25. The average Bonchev–Trinajstić information content (AvgIpc) is 3.07. The number of nitrogens with one attached hydrogen (secondary N) is 1. The molecule has 0 aromatic heterocycles. The topological polar surface area (TPSA) is 52.7 Å². The molecular weight excluding hydrogens is 398 g/mol. The van der Waals surface area contributed by atoms with Crippen LogP contribution in [-0.4, -0.2) is 31.4 Å². The molecule has 2 aliphatic rings. The molecule has 2 aliphatic heterocycles. The van der Waals surface area contributed by atoms with Gasteiger partial charge in [0.2, 0.25) is 5.91 Å². The molecule has 1 N–H and O–H groups in total. The van der Waals surface area contributed by atoms with Crippen LogP contribution >= 0.6 is 0 Å². The summed E-state index contributed by atoms with van der Waals surface area (Å²) in [5, 5.41) is 5.02. The summed E-state index contributed by atoms with van der Waals surface area (Å²) in [6.07, 6.45) is 2.54. The lowest BCUT2D eigenvalue weighted by Gasteiger charge is -2.33. The van der Waals surface area contributed by atoms with Crippen molar-refractivity contribution in [2.45, 2.75) is 32.7 Å². The second kappa shape index (κ2) is 8.30. The Morgan fingerprint density at radius 2 is 1.84 bits per heavy atom. The summed E-state index contributed by atoms with van der Waals surface area (Å²) < 4.78 is 0. The van der Waals surface area contributed by atoms with Gasteiger partial charge in [0.05, 0.1) is 11.7 Å². The van der Waals surface area contributed by atoms with E-state index in [1.165, 1.54) is 18.5 Å². The summed E-state index contributed by atoms with van der Waals surface area (Å²) in [5.41, 5.74) is 3.78. The Morgan fingerprint density at radius 1 is 1.09 bits per heavy atom. The first-order chi connectivity index (χ1) is 15.5. The number of carbonyl (C=O) groups excluding carboxylic acids is 2. The first-order valence-electron chi connectivity index (χ1n) is 11.5. The van der Waals surface area contributed by atoms with E-state index in [1.807, 2.05) is 43.3 Å². The van der Waals surface area contributed by atoms with Crippen molar-refractivity contribution in [3.8, 4) is 0 Å². The molecule has 0 spiro atoms. The maximum atomic E-state index is 12.9. The predicted molar refractivity (Wildman–Crippen MR) is 129 cm³/mol. The number of carbonyl (C=O) groups is 2. The average molecular weight is 428 g/mol. The van der Waals surface area contributed by atoms with Crippen molar-refractivity contribution in [2.24, 2.45) is 5.92 Å². The molecule has 3 aromatic carbocycles. The molecule has 0 saturated carbocycles. The fourth-order valence-electron chi connectivity index (χ4n) is 5.05. The van der Waals surface area contributed by atoms with E-state index >= 15 is 0 Å². The van der Waals surface area contributed by atoms with Crippen LogP contribution in [0.5, 0.6) is 0 Å². The quantitative estimate of drug-likeness (QED) is 0.629. The van der Waals surface area contributed by atoms with Gasteiger partial charge in [-0.2, -0.15) is 0 Å². The third-order valence-corrected chi connectivity index (χ3v) is 6.74. The lowest BCUT2D eigenvalue weighted by Crippen LogP contribution is -2.39. The summed E-state index contributed by atoms with van der Waals surface area (Å²) >= 11 is 0. The van der Waals surface area contributed by atoms with Gasteiger partial charge in [0, 0.05) is 29.7 Å². The highest BCUT2D eigenvalue weighted by molar-refractivity contribution is 6.26. The molecule has 32 heavy (non-hydrogen) atoms. The van der Waals surface area contributed by atoms with E-state index in [0.29, 0.717) is 5.56 Å². The molecule has 0 radical (unpaired) electrons. The summed E-state index contributed by atoms with van der Waals surface area (Å²) in [7, 11) is 0. The number of piperidine rings is 1. The highest BCUT2D eigenvalue weighted by Crippen LogP contribution is 2.37. The summed E-state index contributed by atoms with van der Waals surface area (Å²) in [6, 6.07) is 19.9. The molecule has 5 heteroatoms. The zero-order valence-corrected chi connectivity index (χ0v) is 18.7. The first-order valence-corrected chi connectivity index (χ1v) is 11.5. The van der Waals surface area contributed by atoms with Gasteiger partial charge in [-0.05, 0) is 60.9 Å². The van der Waals surface area contributed by atoms with E-state index in [-0.39, 0.29) is 24.4 Å². The predicted octanol–water partition coefficient (Wildman–Crippen LogP) is 4.91. The third-order valence-electron chi connectivity index (χ3n) is 6.74. The Hall–Kier alpha value is -3.34. The van der Waals surface area contributed by atoms with E-state index in [4.69, 9.17) is 0 Å². The molecule has 0 aliphatic carbocycles. The SMILES string of the molecule is C[C@H]1CCCN(c2ccc([C@@H](C)NC(=O)CN3C(=O)c4cccc5cccc3c45)cc2)C1. The van der Waals surface area contributed by atoms with E-state index in [2.05, 4.69) is 41.4 Å². The van der Waals surface area contributed by atoms with Gasteiger partial charge in [-0.15, -0.1) is 0 Å². The Bertz CT molecular complexity index is 1170. The summed E-state index contributed by atoms with van der Waals surface area (Å²) in [6.45, 7) is 6.51. The molecule has 3 aromatic rings. The van der Waals surface area contributed by atoms with Crippen molar-refractivity contribution in [1.29, 1.82) is 0 Å². The van der Waals surface area contributed by atoms with Gasteiger partial charge in [-0.25, -0.2) is 0 Å². The van der Waals surface area contributed by atoms with Crippen molar-refractivity contribution in [1.82, 2.24) is 5.32 Å². The molecule has 2 atom stereocenters. The molecule has 5 rings (SSSR count). The molecule has 2 heterocycles. The molecule has 164 valence electrons. The molecule has 0 bridgehead atoms. The van der Waals surface area contributed by atoms with E-state index in [0.717, 1.165) is 41.0 Å². The van der Waals surface area contributed by atoms with Crippen LogP contribution in [0.4, 0.5) is 11.4 Å². The van der Waals surface area contributed by atoms with Crippen LogP contribution in [0.2, 0.25) is 0 Å². The lowest BCUT2D eigenvalue weighted by molar-refractivity contribution is -0.120. The lowest BCUT2D eigenvalue weighted by atomic mass is 9.99. The zero-order valence-electron chi connectivity index (χ0n) is 18.7. The van der Waals surface area contributed by atoms with Gasteiger partial charge in [-0.3, -0.25) is 14.5 Å². The van der Waals surface area contributed by atoms with Gasteiger partial charge >= 0.3 is 0 Å². The Kier molecular flexibility index (Phi) is 5.33. The number of amides is 2. The van der Waals surface area contributed by atoms with Gasteiger partial charge in [0.25, 0.3) is 5.91 Å². The van der Waals surface area contributed by atoms with Gasteiger partial charge in [0.15, 0.2) is 0 Å². The van der Waals surface area contributed by atoms with Crippen LogP contribution in [0.1, 0.15) is 48.7 Å². The van der Waals surface area contributed by atoms with Crippen molar-refractivity contribution >= 4 is 34.0 Å². The number of anilines is 2. The second-order valence-corrected chi connectivity index (χ2v) is 9.15. The fourth-order valence-corrected chi connectivity index (χ4v) is 5.05. The van der Waals surface area contributed by atoms with Crippen molar-refractivity contribution < 1.29 is 9.59 Å². The highest BCUT2D eigenvalue weighted by atomic mass is 16.2. The van der Waals surface area contributed by atoms with E-state index in [9.17, 15) is 9.59 Å². The van der Waals surface area contributed by atoms with Crippen molar-refractivity contribution in [3.05, 3.63) is 71.8 Å². The standard InChI is InChI=1S/C27H29N3O2/c1-18-6-5-15-29(16-18)22-13-11-20(12-14-22)19(2)28-25(31)17-30-24-10-4-8-21-7-3-9-23(26(21)24)27(30)32/h3-4,7-14,18-19H,5-6,15-17H2,1-2H3,(H,28,31)/t18-,19+/m0/s1. The minimum Gasteiger partial charge on any atom is -0.371 e. The minimum absolute atomic E-state index is 0.0146. The van der Waals surface area contributed by atoms with Crippen LogP contribution < -0.4 is 15.1 Å². The highest BCUT2D eigenvalue weighted by Gasteiger charge is 2.31. The summed E-state index contributed by atoms with van der Waals surface area (Å²) in [5.74, 6) is 0.455. The van der Waals surface area contributed by atoms with Crippen LogP contribution in [0.25, 0.3) is 10.8 Å². The largest absolute Gasteiger partial charge is 0.371 e. The third kappa shape index (κ3) is 3.72. The smallest absolute Gasteiger partial charge is 0.259 e. The maximum Gasteiger partial charge on any atom is 0.259 e. The summed E-state index contributed by atoms with van der Waals surface area (Å²) in [4.78, 5) is 29.8. The fraction of sp³-hybridized carbons (Fsp3) is 0.333. The zero-order chi connectivity index (χ0) is 22.2. The normalized spacial score (nSPS) is 18.8. The molecule has 1 fully saturated rings. The van der Waals surface area contributed by atoms with Crippen molar-refractivity contribution in [3.63, 3.8) is 0 Å². The number of hydrogen-bond acceptors (Lipinski definition) is 3. The van der Waals surface area contributed by atoms with Crippen LogP contribution in [-0.2, 0) is 4.79 Å². The van der Waals surface area contributed by atoms with Gasteiger partial charge < -0.3 is 10.2 Å². The Labute approximate surface area is 189 Å².